The Morgan fingerprint density at radius 2 is 1.62 bits per heavy atom. The minimum Gasteiger partial charge on any atom is -0.497 e. The van der Waals surface area contributed by atoms with Crippen LogP contribution in [-0.4, -0.2) is 18.9 Å². The molecule has 1 heterocycles. The third kappa shape index (κ3) is 3.53. The van der Waals surface area contributed by atoms with E-state index in [4.69, 9.17) is 25.0 Å². The summed E-state index contributed by atoms with van der Waals surface area (Å²) in [6.07, 6.45) is 0. The number of nitrogen functional groups attached to an aromatic ring is 1. The van der Waals surface area contributed by atoms with Crippen LogP contribution in [0, 0.1) is 5.41 Å². The molecular weight excluding hydrogens is 372 g/mol. The van der Waals surface area contributed by atoms with Gasteiger partial charge in [-0.3, -0.25) is 5.41 Å². The molecule has 0 unspecified atom stereocenters. The Bertz CT molecular complexity index is 1340. The van der Waals surface area contributed by atoms with Crippen molar-refractivity contribution in [2.45, 2.75) is 0 Å². The molecule has 0 bridgehead atoms. The second kappa shape index (κ2) is 7.12. The molecule has 0 spiro atoms. The van der Waals surface area contributed by atoms with Crippen LogP contribution in [0.1, 0.15) is 15.9 Å². The summed E-state index contributed by atoms with van der Waals surface area (Å²) in [5.74, 6) is 0.0126. The topological polar surface area (TPSA) is 116 Å². The highest BCUT2D eigenvalue weighted by Gasteiger charge is 2.17. The Morgan fingerprint density at radius 1 is 0.931 bits per heavy atom. The van der Waals surface area contributed by atoms with Crippen molar-refractivity contribution in [3.05, 3.63) is 82.2 Å². The molecule has 7 heteroatoms. The number of ether oxygens (including phenoxy) is 2. The third-order valence-electron chi connectivity index (χ3n) is 4.49. The molecule has 3 N–H and O–H groups in total. The maximum absolute atomic E-state index is 12.6. The minimum absolute atomic E-state index is 0.0259. The van der Waals surface area contributed by atoms with Gasteiger partial charge in [-0.05, 0) is 53.2 Å². The first-order valence-electron chi connectivity index (χ1n) is 8.67. The van der Waals surface area contributed by atoms with Crippen molar-refractivity contribution < 1.29 is 18.7 Å². The van der Waals surface area contributed by atoms with Crippen molar-refractivity contribution in [2.75, 3.05) is 7.11 Å². The highest BCUT2D eigenvalue weighted by atomic mass is 16.5. The van der Waals surface area contributed by atoms with E-state index < -0.39 is 11.6 Å². The predicted molar refractivity (Wildman–Crippen MR) is 109 cm³/mol. The van der Waals surface area contributed by atoms with Gasteiger partial charge >= 0.3 is 11.6 Å². The van der Waals surface area contributed by atoms with E-state index in [0.29, 0.717) is 22.3 Å². The van der Waals surface area contributed by atoms with Gasteiger partial charge in [0, 0.05) is 10.9 Å². The lowest BCUT2D eigenvalue weighted by Crippen LogP contribution is -2.18. The SMILES string of the molecule is COc1ccc2oc(=O)c(C(=O)Oc3ccc4cc(C(=N)N)ccc4c3)cc2c1. The van der Waals surface area contributed by atoms with Gasteiger partial charge < -0.3 is 19.6 Å². The molecule has 4 aromatic rings. The van der Waals surface area contributed by atoms with Gasteiger partial charge in [0.05, 0.1) is 7.11 Å². The summed E-state index contributed by atoms with van der Waals surface area (Å²) in [6.45, 7) is 0. The Morgan fingerprint density at radius 3 is 2.38 bits per heavy atom. The van der Waals surface area contributed by atoms with Gasteiger partial charge in [0.2, 0.25) is 0 Å². The van der Waals surface area contributed by atoms with Gasteiger partial charge in [-0.1, -0.05) is 18.2 Å². The van der Waals surface area contributed by atoms with Gasteiger partial charge in [-0.15, -0.1) is 0 Å². The number of hydrogen-bond acceptors (Lipinski definition) is 6. The second-order valence-electron chi connectivity index (χ2n) is 6.38. The van der Waals surface area contributed by atoms with Crippen LogP contribution < -0.4 is 20.8 Å². The molecule has 0 saturated heterocycles. The third-order valence-corrected chi connectivity index (χ3v) is 4.49. The second-order valence-corrected chi connectivity index (χ2v) is 6.38. The molecule has 0 amide bonds. The smallest absolute Gasteiger partial charge is 0.351 e. The Kier molecular flexibility index (Phi) is 4.48. The van der Waals surface area contributed by atoms with Gasteiger partial charge in [0.15, 0.2) is 0 Å². The van der Waals surface area contributed by atoms with E-state index in [1.54, 1.807) is 54.6 Å². The van der Waals surface area contributed by atoms with Crippen LogP contribution in [0.4, 0.5) is 0 Å². The molecular formula is C22H16N2O5. The number of rotatable bonds is 4. The van der Waals surface area contributed by atoms with E-state index in [2.05, 4.69) is 0 Å². The largest absolute Gasteiger partial charge is 0.497 e. The number of hydrogen-bond donors (Lipinski definition) is 2. The lowest BCUT2D eigenvalue weighted by atomic mass is 10.1. The molecule has 29 heavy (non-hydrogen) atoms. The van der Waals surface area contributed by atoms with E-state index in [1.807, 2.05) is 0 Å². The maximum Gasteiger partial charge on any atom is 0.351 e. The number of fused-ring (bicyclic) bond motifs is 2. The summed E-state index contributed by atoms with van der Waals surface area (Å²) in [5.41, 5.74) is 5.47. The van der Waals surface area contributed by atoms with Crippen molar-refractivity contribution in [1.82, 2.24) is 0 Å². The quantitative estimate of drug-likeness (QED) is 0.182. The number of nitrogens with one attached hydrogen (secondary N) is 1. The first kappa shape index (κ1) is 18.2. The van der Waals surface area contributed by atoms with Gasteiger partial charge in [0.25, 0.3) is 0 Å². The molecule has 7 nitrogen and oxygen atoms in total. The summed E-state index contributed by atoms with van der Waals surface area (Å²) in [5, 5.41) is 9.70. The van der Waals surface area contributed by atoms with Crippen LogP contribution in [0.5, 0.6) is 11.5 Å². The zero-order valence-corrected chi connectivity index (χ0v) is 15.4. The van der Waals surface area contributed by atoms with E-state index in [9.17, 15) is 9.59 Å². The summed E-state index contributed by atoms with van der Waals surface area (Å²) in [7, 11) is 1.52. The fourth-order valence-electron chi connectivity index (χ4n) is 2.99. The lowest BCUT2D eigenvalue weighted by molar-refractivity contribution is 0.0731. The Balaban J connectivity index is 1.66. The van der Waals surface area contributed by atoms with E-state index >= 15 is 0 Å². The number of carbonyl (C=O) groups excluding carboxylic acids is 1. The van der Waals surface area contributed by atoms with Crippen LogP contribution >= 0.6 is 0 Å². The summed E-state index contributed by atoms with van der Waals surface area (Å²) in [6, 6.07) is 16.6. The molecule has 1 aromatic heterocycles. The number of esters is 1. The highest BCUT2D eigenvalue weighted by molar-refractivity contribution is 5.99. The molecule has 0 fully saturated rings. The first-order valence-corrected chi connectivity index (χ1v) is 8.67. The number of benzene rings is 3. The number of nitrogens with two attached hydrogens (primary N) is 1. The predicted octanol–water partition coefficient (Wildman–Crippen LogP) is 3.46. The van der Waals surface area contributed by atoms with E-state index in [1.165, 1.54) is 13.2 Å². The summed E-state index contributed by atoms with van der Waals surface area (Å²) in [4.78, 5) is 24.8. The van der Waals surface area contributed by atoms with Crippen molar-refractivity contribution in [1.29, 1.82) is 5.41 Å². The summed E-state index contributed by atoms with van der Waals surface area (Å²) < 4.78 is 15.7. The van der Waals surface area contributed by atoms with Gasteiger partial charge in [-0.2, -0.15) is 0 Å². The highest BCUT2D eigenvalue weighted by Crippen LogP contribution is 2.24. The Hall–Kier alpha value is -4.13. The molecule has 0 aliphatic rings. The molecule has 0 aliphatic heterocycles. The molecule has 0 radical (unpaired) electrons. The standard InChI is InChI=1S/C22H16N2O5/c1-27-16-6-7-19-15(10-16)11-18(22(26)29-19)21(25)28-17-5-4-12-8-14(20(23)24)3-2-13(12)9-17/h2-11H,1H3,(H3,23,24). The lowest BCUT2D eigenvalue weighted by Gasteiger charge is -2.07. The zero-order chi connectivity index (χ0) is 20.5. The van der Waals surface area contributed by atoms with Crippen LogP contribution in [0.3, 0.4) is 0 Å². The number of carbonyl (C=O) groups is 1. The zero-order valence-electron chi connectivity index (χ0n) is 15.4. The van der Waals surface area contributed by atoms with Crippen molar-refractivity contribution >= 4 is 33.5 Å². The molecule has 0 aliphatic carbocycles. The molecule has 4 rings (SSSR count). The van der Waals surface area contributed by atoms with Crippen LogP contribution in [-0.2, 0) is 0 Å². The van der Waals surface area contributed by atoms with Crippen molar-refractivity contribution in [3.63, 3.8) is 0 Å². The minimum atomic E-state index is -0.817. The number of methoxy groups -OCH3 is 1. The van der Waals surface area contributed by atoms with Gasteiger partial charge in [0.1, 0.15) is 28.5 Å². The van der Waals surface area contributed by atoms with Crippen molar-refractivity contribution in [2.24, 2.45) is 5.73 Å². The van der Waals surface area contributed by atoms with Crippen LogP contribution in [0.2, 0.25) is 0 Å². The fourth-order valence-corrected chi connectivity index (χ4v) is 2.99. The van der Waals surface area contributed by atoms with Crippen LogP contribution in [0.15, 0.2) is 69.9 Å². The first-order chi connectivity index (χ1) is 13.9. The average molecular weight is 388 g/mol. The monoisotopic (exact) mass is 388 g/mol. The fraction of sp³-hybridized carbons (Fsp3) is 0.0455. The number of amidine groups is 1. The molecule has 3 aromatic carbocycles. The van der Waals surface area contributed by atoms with Gasteiger partial charge in [-0.25, -0.2) is 9.59 Å². The average Bonchev–Trinajstić information content (AvgIpc) is 2.72. The van der Waals surface area contributed by atoms with Crippen molar-refractivity contribution in [3.8, 4) is 11.5 Å². The molecule has 0 saturated carbocycles. The molecule has 0 atom stereocenters. The Labute approximate surface area is 164 Å². The normalized spacial score (nSPS) is 10.8. The maximum atomic E-state index is 12.6. The van der Waals surface area contributed by atoms with E-state index in [-0.39, 0.29) is 17.1 Å². The van der Waals surface area contributed by atoms with E-state index in [0.717, 1.165) is 10.8 Å². The summed E-state index contributed by atoms with van der Waals surface area (Å²) >= 11 is 0. The van der Waals surface area contributed by atoms with Crippen LogP contribution in [0.25, 0.3) is 21.7 Å². The molecule has 144 valence electrons.